The summed E-state index contributed by atoms with van der Waals surface area (Å²) in [4.78, 5) is 12.8. The molecule has 1 aliphatic heterocycles. The normalized spacial score (nSPS) is 14.6. The number of nitrogens with one attached hydrogen (secondary N) is 1. The van der Waals surface area contributed by atoms with Crippen molar-refractivity contribution in [1.29, 1.82) is 0 Å². The van der Waals surface area contributed by atoms with Crippen molar-refractivity contribution in [2.75, 3.05) is 31.1 Å². The Morgan fingerprint density at radius 1 is 1.11 bits per heavy atom. The Hall–Kier alpha value is -3.98. The van der Waals surface area contributed by atoms with Gasteiger partial charge in [-0.1, -0.05) is 36.4 Å². The number of carbonyl (C=O) groups is 1. The summed E-state index contributed by atoms with van der Waals surface area (Å²) in [6, 6.07) is 20.0. The van der Waals surface area contributed by atoms with Gasteiger partial charge in [0.25, 0.3) is 15.9 Å². The first-order valence-corrected chi connectivity index (χ1v) is 12.4. The second-order valence-corrected chi connectivity index (χ2v) is 9.59. The van der Waals surface area contributed by atoms with Crippen LogP contribution in [0.2, 0.25) is 0 Å². The van der Waals surface area contributed by atoms with E-state index in [1.165, 1.54) is 35.7 Å². The molecule has 1 N–H and O–H groups in total. The minimum atomic E-state index is -4.02. The van der Waals surface area contributed by atoms with Gasteiger partial charge in [0.1, 0.15) is 18.5 Å². The molecule has 0 fully saturated rings. The van der Waals surface area contributed by atoms with Gasteiger partial charge in [0.2, 0.25) is 0 Å². The van der Waals surface area contributed by atoms with Crippen LogP contribution in [-0.2, 0) is 10.0 Å². The molecule has 0 aromatic heterocycles. The highest BCUT2D eigenvalue weighted by Crippen LogP contribution is 2.33. The number of methoxy groups -OCH3 is 1. The molecule has 9 heteroatoms. The molecule has 1 aliphatic rings. The fourth-order valence-electron chi connectivity index (χ4n) is 3.68. The van der Waals surface area contributed by atoms with Crippen LogP contribution < -0.4 is 23.8 Å². The molecule has 0 aliphatic carbocycles. The van der Waals surface area contributed by atoms with Crippen molar-refractivity contribution in [3.05, 3.63) is 91.0 Å². The van der Waals surface area contributed by atoms with Crippen LogP contribution >= 0.6 is 0 Å². The Morgan fingerprint density at radius 2 is 1.86 bits per heavy atom. The molecule has 0 radical (unpaired) electrons. The number of benzene rings is 3. The quantitative estimate of drug-likeness (QED) is 0.457. The number of fused-ring (bicyclic) bond motifs is 1. The number of hydrogen-bond donors (Lipinski definition) is 1. The second kappa shape index (κ2) is 10.5. The van der Waals surface area contributed by atoms with Crippen LogP contribution in [0.3, 0.4) is 0 Å². The largest absolute Gasteiger partial charge is 0.495 e. The van der Waals surface area contributed by atoms with Crippen LogP contribution in [-0.4, -0.2) is 47.2 Å². The minimum Gasteiger partial charge on any atom is -0.495 e. The molecule has 0 spiro atoms. The molecule has 0 saturated carbocycles. The van der Waals surface area contributed by atoms with E-state index >= 15 is 0 Å². The van der Waals surface area contributed by atoms with Crippen molar-refractivity contribution in [3.63, 3.8) is 0 Å². The average molecular weight is 495 g/mol. The fraction of sp³-hybridized carbons (Fsp3) is 0.192. The van der Waals surface area contributed by atoms with Gasteiger partial charge < -0.3 is 19.5 Å². The van der Waals surface area contributed by atoms with E-state index in [4.69, 9.17) is 14.2 Å². The van der Waals surface area contributed by atoms with Crippen molar-refractivity contribution in [3.8, 4) is 17.2 Å². The predicted octanol–water partition coefficient (Wildman–Crippen LogP) is 3.65. The lowest BCUT2D eigenvalue weighted by atomic mass is 10.2. The van der Waals surface area contributed by atoms with Gasteiger partial charge in [0.05, 0.1) is 30.8 Å². The molecule has 1 amide bonds. The molecule has 182 valence electrons. The zero-order valence-electron chi connectivity index (χ0n) is 19.2. The van der Waals surface area contributed by atoms with Gasteiger partial charge in [0, 0.05) is 5.56 Å². The number of sulfonamides is 1. The minimum absolute atomic E-state index is 0.0240. The summed E-state index contributed by atoms with van der Waals surface area (Å²) in [6.07, 6.45) is 1.12. The van der Waals surface area contributed by atoms with Gasteiger partial charge in [-0.2, -0.15) is 0 Å². The molecule has 4 rings (SSSR count). The molecule has 0 bridgehead atoms. The molecule has 1 heterocycles. The van der Waals surface area contributed by atoms with Crippen molar-refractivity contribution in [2.24, 2.45) is 0 Å². The molecule has 8 nitrogen and oxygen atoms in total. The van der Waals surface area contributed by atoms with Crippen LogP contribution in [0.15, 0.2) is 90.3 Å². The zero-order valence-corrected chi connectivity index (χ0v) is 20.0. The summed E-state index contributed by atoms with van der Waals surface area (Å²) in [5.41, 5.74) is 0.585. The van der Waals surface area contributed by atoms with E-state index in [-0.39, 0.29) is 29.7 Å². The zero-order chi connectivity index (χ0) is 24.8. The maximum Gasteiger partial charge on any atom is 0.264 e. The number of anilines is 1. The number of amides is 1. The van der Waals surface area contributed by atoms with Crippen LogP contribution in [0.4, 0.5) is 5.69 Å². The Morgan fingerprint density at radius 3 is 2.63 bits per heavy atom. The van der Waals surface area contributed by atoms with E-state index in [0.29, 0.717) is 29.5 Å². The maximum atomic E-state index is 13.5. The second-order valence-electron chi connectivity index (χ2n) is 7.73. The Bertz CT molecular complexity index is 1320. The predicted molar refractivity (Wildman–Crippen MR) is 133 cm³/mol. The number of ether oxygens (including phenoxy) is 3. The van der Waals surface area contributed by atoms with Gasteiger partial charge in [-0.05, 0) is 42.5 Å². The number of nitrogens with zero attached hydrogens (tertiary/aromatic N) is 1. The highest BCUT2D eigenvalue weighted by Gasteiger charge is 2.27. The lowest BCUT2D eigenvalue weighted by molar-refractivity contribution is 0.0789. The summed E-state index contributed by atoms with van der Waals surface area (Å²) in [5, 5.41) is 2.79. The van der Waals surface area contributed by atoms with Gasteiger partial charge in [-0.3, -0.25) is 9.10 Å². The summed E-state index contributed by atoms with van der Waals surface area (Å²) in [7, 11) is -2.54. The van der Waals surface area contributed by atoms with Crippen molar-refractivity contribution >= 4 is 21.6 Å². The first-order valence-electron chi connectivity index (χ1n) is 11.0. The van der Waals surface area contributed by atoms with E-state index in [1.807, 2.05) is 18.2 Å². The topological polar surface area (TPSA) is 94.2 Å². The third-order valence-electron chi connectivity index (χ3n) is 5.39. The lowest BCUT2D eigenvalue weighted by Gasteiger charge is -2.26. The standard InChI is InChI=1S/C26H26N2O6S/c1-3-15-28(22-11-4-5-12-23(22)32-2)35(30,31)21-10-8-9-19(16-21)26(29)27-17-20-18-33-24-13-6-7-14-25(24)34-20/h3-14,16,20H,1,15,17-18H2,2H3,(H,27,29). The molecule has 1 unspecified atom stereocenters. The fourth-order valence-corrected chi connectivity index (χ4v) is 5.17. The summed E-state index contributed by atoms with van der Waals surface area (Å²) in [6.45, 7) is 4.21. The summed E-state index contributed by atoms with van der Waals surface area (Å²) >= 11 is 0. The van der Waals surface area contributed by atoms with Crippen LogP contribution in [0.1, 0.15) is 10.4 Å². The van der Waals surface area contributed by atoms with E-state index in [1.54, 1.807) is 36.4 Å². The molecule has 35 heavy (non-hydrogen) atoms. The van der Waals surface area contributed by atoms with Crippen molar-refractivity contribution in [2.45, 2.75) is 11.0 Å². The van der Waals surface area contributed by atoms with Crippen molar-refractivity contribution in [1.82, 2.24) is 5.32 Å². The Kier molecular flexibility index (Phi) is 7.26. The number of rotatable bonds is 9. The molecule has 1 atom stereocenters. The monoisotopic (exact) mass is 494 g/mol. The third-order valence-corrected chi connectivity index (χ3v) is 7.17. The SMILES string of the molecule is C=CCN(c1ccccc1OC)S(=O)(=O)c1cccc(C(=O)NCC2COc3ccccc3O2)c1. The number of para-hydroxylation sites is 4. The Labute approximate surface area is 204 Å². The number of hydrogen-bond acceptors (Lipinski definition) is 6. The van der Waals surface area contributed by atoms with Gasteiger partial charge >= 0.3 is 0 Å². The lowest BCUT2D eigenvalue weighted by Crippen LogP contribution is -2.40. The molecular weight excluding hydrogens is 468 g/mol. The van der Waals surface area contributed by atoms with E-state index in [2.05, 4.69) is 11.9 Å². The molecule has 0 saturated heterocycles. The summed E-state index contributed by atoms with van der Waals surface area (Å²) < 4.78 is 45.2. The maximum absolute atomic E-state index is 13.5. The van der Waals surface area contributed by atoms with Gasteiger partial charge in [-0.15, -0.1) is 6.58 Å². The molecule has 3 aromatic carbocycles. The Balaban J connectivity index is 1.51. The third kappa shape index (κ3) is 5.25. The molecule has 3 aromatic rings. The molecular formula is C26H26N2O6S. The van der Waals surface area contributed by atoms with Crippen molar-refractivity contribution < 1.29 is 27.4 Å². The van der Waals surface area contributed by atoms with E-state index < -0.39 is 15.9 Å². The van der Waals surface area contributed by atoms with Gasteiger partial charge in [-0.25, -0.2) is 8.42 Å². The van der Waals surface area contributed by atoms with Crippen LogP contribution in [0.25, 0.3) is 0 Å². The van der Waals surface area contributed by atoms with Crippen LogP contribution in [0.5, 0.6) is 17.2 Å². The van der Waals surface area contributed by atoms with Crippen LogP contribution in [0, 0.1) is 0 Å². The van der Waals surface area contributed by atoms with E-state index in [0.717, 1.165) is 0 Å². The first kappa shape index (κ1) is 24.2. The highest BCUT2D eigenvalue weighted by atomic mass is 32.2. The highest BCUT2D eigenvalue weighted by molar-refractivity contribution is 7.92. The number of carbonyl (C=O) groups excluding carboxylic acids is 1. The van der Waals surface area contributed by atoms with Gasteiger partial charge in [0.15, 0.2) is 11.5 Å². The first-order chi connectivity index (χ1) is 16.9. The summed E-state index contributed by atoms with van der Waals surface area (Å²) in [5.74, 6) is 1.26. The van der Waals surface area contributed by atoms with E-state index in [9.17, 15) is 13.2 Å². The smallest absolute Gasteiger partial charge is 0.264 e. The average Bonchev–Trinajstić information content (AvgIpc) is 2.90.